The average Bonchev–Trinajstić information content (AvgIpc) is 3.50. The van der Waals surface area contributed by atoms with Crippen molar-refractivity contribution in [2.45, 2.75) is 64.1 Å². The van der Waals surface area contributed by atoms with Crippen molar-refractivity contribution in [3.05, 3.63) is 65.5 Å². The van der Waals surface area contributed by atoms with E-state index in [0.717, 1.165) is 51.2 Å². The highest BCUT2D eigenvalue weighted by atomic mass is 16.5. The maximum Gasteiger partial charge on any atom is 0.0991 e. The molecule has 2 aliphatic heterocycles. The van der Waals surface area contributed by atoms with Gasteiger partial charge in [-0.3, -0.25) is 9.88 Å². The number of nitrogens with one attached hydrogen (secondary N) is 1. The fourth-order valence-corrected chi connectivity index (χ4v) is 5.30. The Morgan fingerprint density at radius 3 is 2.59 bits per heavy atom. The first-order valence-electron chi connectivity index (χ1n) is 11.8. The zero-order valence-corrected chi connectivity index (χ0v) is 19.9. The molecule has 0 bridgehead atoms. The molecule has 2 aliphatic rings. The Hall–Kier alpha value is -2.26. The molecular formula is C27H36N4O. The molecule has 2 aromatic rings. The lowest BCUT2D eigenvalue weighted by molar-refractivity contribution is -0.00684. The molecule has 2 fully saturated rings. The number of benzene rings is 1. The van der Waals surface area contributed by atoms with Crippen molar-refractivity contribution >= 4 is 0 Å². The van der Waals surface area contributed by atoms with Crippen molar-refractivity contribution in [3.63, 3.8) is 0 Å². The van der Waals surface area contributed by atoms with E-state index in [1.807, 2.05) is 24.4 Å². The Morgan fingerprint density at radius 2 is 1.97 bits per heavy atom. The maximum absolute atomic E-state index is 9.12. The lowest BCUT2D eigenvalue weighted by atomic mass is 9.78. The van der Waals surface area contributed by atoms with Crippen molar-refractivity contribution in [3.8, 4) is 6.07 Å². The summed E-state index contributed by atoms with van der Waals surface area (Å²) in [6, 6.07) is 16.3. The Labute approximate surface area is 192 Å². The van der Waals surface area contributed by atoms with Crippen LogP contribution in [0, 0.1) is 16.7 Å². The minimum absolute atomic E-state index is 0.0758. The topological polar surface area (TPSA) is 61.2 Å². The van der Waals surface area contributed by atoms with Crippen LogP contribution in [-0.4, -0.2) is 42.2 Å². The minimum atomic E-state index is -0.191. The Bertz CT molecular complexity index is 942. The van der Waals surface area contributed by atoms with Crippen LogP contribution in [0.5, 0.6) is 0 Å². The summed E-state index contributed by atoms with van der Waals surface area (Å²) in [5.41, 5.74) is 2.78. The number of likely N-dealkylation sites (tertiary alicyclic amines) is 1. The second-order valence-electron chi connectivity index (χ2n) is 10.5. The van der Waals surface area contributed by atoms with E-state index >= 15 is 0 Å². The summed E-state index contributed by atoms with van der Waals surface area (Å²) < 4.78 is 6.29. The molecule has 170 valence electrons. The molecule has 2 saturated heterocycles. The number of ether oxygens (including phenoxy) is 1. The summed E-state index contributed by atoms with van der Waals surface area (Å²) in [6.45, 7) is 12.8. The number of rotatable bonds is 7. The van der Waals surface area contributed by atoms with Gasteiger partial charge in [0.05, 0.1) is 29.0 Å². The molecule has 0 aliphatic carbocycles. The summed E-state index contributed by atoms with van der Waals surface area (Å²) in [5, 5.41) is 13.0. The van der Waals surface area contributed by atoms with Gasteiger partial charge in [0.2, 0.25) is 0 Å². The first-order valence-corrected chi connectivity index (χ1v) is 11.8. The van der Waals surface area contributed by atoms with Gasteiger partial charge in [-0.15, -0.1) is 0 Å². The van der Waals surface area contributed by atoms with Crippen LogP contribution in [0.2, 0.25) is 0 Å². The molecule has 0 unspecified atom stereocenters. The normalized spacial score (nSPS) is 24.5. The molecule has 4 rings (SSSR count). The fourth-order valence-electron chi connectivity index (χ4n) is 5.30. The molecule has 0 saturated carbocycles. The number of pyridine rings is 1. The Balaban J connectivity index is 1.53. The smallest absolute Gasteiger partial charge is 0.0991 e. The van der Waals surface area contributed by atoms with Gasteiger partial charge in [-0.1, -0.05) is 18.2 Å². The van der Waals surface area contributed by atoms with Crippen molar-refractivity contribution < 1.29 is 4.74 Å². The van der Waals surface area contributed by atoms with Gasteiger partial charge in [0.15, 0.2) is 0 Å². The van der Waals surface area contributed by atoms with E-state index in [4.69, 9.17) is 10.00 Å². The van der Waals surface area contributed by atoms with Crippen LogP contribution in [0.4, 0.5) is 0 Å². The van der Waals surface area contributed by atoms with E-state index in [1.165, 1.54) is 5.56 Å². The molecule has 2 atom stereocenters. The van der Waals surface area contributed by atoms with E-state index in [-0.39, 0.29) is 22.6 Å². The Morgan fingerprint density at radius 1 is 1.19 bits per heavy atom. The van der Waals surface area contributed by atoms with Crippen molar-refractivity contribution in [1.82, 2.24) is 15.2 Å². The summed E-state index contributed by atoms with van der Waals surface area (Å²) in [7, 11) is 0. The van der Waals surface area contributed by atoms with E-state index in [9.17, 15) is 0 Å². The van der Waals surface area contributed by atoms with E-state index in [0.29, 0.717) is 5.56 Å². The van der Waals surface area contributed by atoms with Gasteiger partial charge in [-0.25, -0.2) is 0 Å². The second-order valence-corrected chi connectivity index (χ2v) is 10.5. The van der Waals surface area contributed by atoms with E-state index in [2.05, 4.69) is 73.2 Å². The number of aromatic nitrogens is 1. The van der Waals surface area contributed by atoms with Crippen LogP contribution in [0.1, 0.15) is 63.8 Å². The van der Waals surface area contributed by atoms with Gasteiger partial charge in [-0.05, 0) is 83.3 Å². The van der Waals surface area contributed by atoms with E-state index in [1.54, 1.807) is 0 Å². The molecule has 32 heavy (non-hydrogen) atoms. The summed E-state index contributed by atoms with van der Waals surface area (Å²) >= 11 is 0. The zero-order chi connectivity index (χ0) is 22.8. The molecule has 0 amide bonds. The number of hydrogen-bond acceptors (Lipinski definition) is 5. The van der Waals surface area contributed by atoms with Gasteiger partial charge in [0, 0.05) is 36.8 Å². The van der Waals surface area contributed by atoms with Crippen molar-refractivity contribution in [2.24, 2.45) is 5.41 Å². The van der Waals surface area contributed by atoms with Crippen LogP contribution in [0.15, 0.2) is 48.7 Å². The standard InChI is InChI=1S/C27H36N4O/c1-25(2,22-12-10-21(18-28)11-13-22)30-19-27(24-9-7-17-32-24)14-16-31(20-27)26(3,4)23-8-5-6-15-29-23/h5-6,8,10-13,15,24,30H,7,9,14,16-17,19-20H2,1-4H3/t24-,27+/m0/s1. The van der Waals surface area contributed by atoms with Crippen molar-refractivity contribution in [1.29, 1.82) is 5.26 Å². The molecule has 5 heteroatoms. The number of nitriles is 1. The van der Waals surface area contributed by atoms with Gasteiger partial charge in [0.25, 0.3) is 0 Å². The third-order valence-corrected chi connectivity index (χ3v) is 7.70. The molecule has 0 radical (unpaired) electrons. The fraction of sp³-hybridized carbons (Fsp3) is 0.556. The molecule has 1 aromatic heterocycles. The predicted octanol–water partition coefficient (Wildman–Crippen LogP) is 4.58. The van der Waals surface area contributed by atoms with Crippen molar-refractivity contribution in [2.75, 3.05) is 26.2 Å². The van der Waals surface area contributed by atoms with E-state index < -0.39 is 0 Å². The van der Waals surface area contributed by atoms with Crippen LogP contribution in [0.3, 0.4) is 0 Å². The molecular weight excluding hydrogens is 396 g/mol. The molecule has 1 N–H and O–H groups in total. The number of nitrogens with zero attached hydrogens (tertiary/aromatic N) is 3. The third kappa shape index (κ3) is 4.45. The lowest BCUT2D eigenvalue weighted by Crippen LogP contribution is -2.51. The van der Waals surface area contributed by atoms with Crippen LogP contribution in [0.25, 0.3) is 0 Å². The van der Waals surface area contributed by atoms with Gasteiger partial charge in [-0.2, -0.15) is 5.26 Å². The predicted molar refractivity (Wildman–Crippen MR) is 127 cm³/mol. The van der Waals surface area contributed by atoms with Crippen LogP contribution < -0.4 is 5.32 Å². The largest absolute Gasteiger partial charge is 0.378 e. The summed E-state index contributed by atoms with van der Waals surface area (Å²) in [4.78, 5) is 7.26. The molecule has 5 nitrogen and oxygen atoms in total. The quantitative estimate of drug-likeness (QED) is 0.694. The number of hydrogen-bond donors (Lipinski definition) is 1. The lowest BCUT2D eigenvalue weighted by Gasteiger charge is -2.41. The molecule has 3 heterocycles. The zero-order valence-electron chi connectivity index (χ0n) is 19.9. The average molecular weight is 433 g/mol. The SMILES string of the molecule is CC(C)(NC[C@]1([C@@H]2CCCO2)CCN(C(C)(C)c2ccccn2)C1)c1ccc(C#N)cc1. The third-order valence-electron chi connectivity index (χ3n) is 7.70. The first-order chi connectivity index (χ1) is 15.3. The van der Waals surface area contributed by atoms with Gasteiger partial charge in [0.1, 0.15) is 0 Å². The molecule has 0 spiro atoms. The second kappa shape index (κ2) is 8.94. The van der Waals surface area contributed by atoms with Crippen LogP contribution >= 0.6 is 0 Å². The summed E-state index contributed by atoms with van der Waals surface area (Å²) in [6.07, 6.45) is 5.58. The highest BCUT2D eigenvalue weighted by molar-refractivity contribution is 5.34. The van der Waals surface area contributed by atoms with Gasteiger partial charge >= 0.3 is 0 Å². The maximum atomic E-state index is 9.12. The Kier molecular flexibility index (Phi) is 6.40. The minimum Gasteiger partial charge on any atom is -0.378 e. The highest BCUT2D eigenvalue weighted by Gasteiger charge is 2.50. The molecule has 1 aromatic carbocycles. The summed E-state index contributed by atoms with van der Waals surface area (Å²) in [5.74, 6) is 0. The highest BCUT2D eigenvalue weighted by Crippen LogP contribution is 2.44. The monoisotopic (exact) mass is 432 g/mol. The van der Waals surface area contributed by atoms with Gasteiger partial charge < -0.3 is 10.1 Å². The first kappa shape index (κ1) is 22.9. The van der Waals surface area contributed by atoms with Crippen LogP contribution in [-0.2, 0) is 15.8 Å².